The Kier molecular flexibility index (Phi) is 2.73. The SMILES string of the molecule is Cc1cc(F)[n+](C)c(-c2ccccc2C)c1. The normalized spacial score (nSPS) is 10.5. The average Bonchev–Trinajstić information content (AvgIpc) is 2.24. The Morgan fingerprint density at radius 2 is 1.75 bits per heavy atom. The highest BCUT2D eigenvalue weighted by molar-refractivity contribution is 5.61. The average molecular weight is 216 g/mol. The molecule has 0 radical (unpaired) electrons. The molecule has 0 aliphatic heterocycles. The molecule has 2 heteroatoms. The smallest absolute Gasteiger partial charge is 0.169 e. The Bertz CT molecular complexity index is 532. The zero-order valence-electron chi connectivity index (χ0n) is 9.79. The number of hydrogen-bond donors (Lipinski definition) is 0. The van der Waals surface area contributed by atoms with Crippen molar-refractivity contribution in [2.45, 2.75) is 13.8 Å². The Labute approximate surface area is 95.2 Å². The highest BCUT2D eigenvalue weighted by Crippen LogP contribution is 2.20. The first-order valence-electron chi connectivity index (χ1n) is 5.32. The lowest BCUT2D eigenvalue weighted by Crippen LogP contribution is -2.36. The second-order valence-electron chi connectivity index (χ2n) is 4.11. The Balaban J connectivity index is 2.69. The highest BCUT2D eigenvalue weighted by Gasteiger charge is 2.16. The van der Waals surface area contributed by atoms with Crippen molar-refractivity contribution in [1.82, 2.24) is 0 Å². The summed E-state index contributed by atoms with van der Waals surface area (Å²) < 4.78 is 15.2. The third-order valence-electron chi connectivity index (χ3n) is 2.81. The zero-order chi connectivity index (χ0) is 11.7. The van der Waals surface area contributed by atoms with E-state index in [1.54, 1.807) is 17.7 Å². The summed E-state index contributed by atoms with van der Waals surface area (Å²) in [5.74, 6) is -0.210. The van der Waals surface area contributed by atoms with Crippen LogP contribution in [-0.2, 0) is 7.05 Å². The molecule has 1 nitrogen and oxygen atoms in total. The molecule has 0 aliphatic rings. The fourth-order valence-corrected chi connectivity index (χ4v) is 1.87. The number of nitrogens with zero attached hydrogens (tertiary/aromatic N) is 1. The molecule has 0 bridgehead atoms. The van der Waals surface area contributed by atoms with Crippen LogP contribution in [0.2, 0.25) is 0 Å². The maximum absolute atomic E-state index is 13.6. The lowest BCUT2D eigenvalue weighted by molar-refractivity contribution is -0.689. The summed E-state index contributed by atoms with van der Waals surface area (Å²) in [6.45, 7) is 3.94. The minimum absolute atomic E-state index is 0.210. The molecule has 0 aliphatic carbocycles. The van der Waals surface area contributed by atoms with Gasteiger partial charge in [0.25, 0.3) is 0 Å². The van der Waals surface area contributed by atoms with Crippen molar-refractivity contribution in [3.63, 3.8) is 0 Å². The van der Waals surface area contributed by atoms with Gasteiger partial charge in [0.15, 0.2) is 0 Å². The molecule has 0 unspecified atom stereocenters. The number of rotatable bonds is 1. The molecule has 82 valence electrons. The molecule has 16 heavy (non-hydrogen) atoms. The fraction of sp³-hybridized carbons (Fsp3) is 0.214. The maximum Gasteiger partial charge on any atom is 0.360 e. The van der Waals surface area contributed by atoms with Crippen LogP contribution in [0.5, 0.6) is 0 Å². The Morgan fingerprint density at radius 3 is 2.44 bits per heavy atom. The first-order chi connectivity index (χ1) is 7.59. The minimum atomic E-state index is -0.210. The summed E-state index contributed by atoms with van der Waals surface area (Å²) in [7, 11) is 1.75. The van der Waals surface area contributed by atoms with E-state index in [0.29, 0.717) is 0 Å². The van der Waals surface area contributed by atoms with Gasteiger partial charge in [0.2, 0.25) is 5.69 Å². The third-order valence-corrected chi connectivity index (χ3v) is 2.81. The van der Waals surface area contributed by atoms with Gasteiger partial charge in [-0.15, -0.1) is 4.39 Å². The van der Waals surface area contributed by atoms with Crippen LogP contribution in [-0.4, -0.2) is 0 Å². The van der Waals surface area contributed by atoms with Crippen molar-refractivity contribution in [3.05, 3.63) is 53.5 Å². The van der Waals surface area contributed by atoms with Crippen molar-refractivity contribution in [2.24, 2.45) is 7.05 Å². The van der Waals surface area contributed by atoms with Crippen LogP contribution in [0.1, 0.15) is 11.1 Å². The van der Waals surface area contributed by atoms with E-state index in [4.69, 9.17) is 0 Å². The van der Waals surface area contributed by atoms with Crippen molar-refractivity contribution in [3.8, 4) is 11.3 Å². The van der Waals surface area contributed by atoms with Gasteiger partial charge in [-0.05, 0) is 31.0 Å². The molecule has 0 saturated heterocycles. The second kappa shape index (κ2) is 4.05. The van der Waals surface area contributed by atoms with E-state index in [1.807, 2.05) is 44.2 Å². The van der Waals surface area contributed by atoms with Crippen molar-refractivity contribution < 1.29 is 8.96 Å². The maximum atomic E-state index is 13.6. The summed E-state index contributed by atoms with van der Waals surface area (Å²) in [5.41, 5.74) is 4.08. The summed E-state index contributed by atoms with van der Waals surface area (Å²) in [4.78, 5) is 0. The van der Waals surface area contributed by atoms with Gasteiger partial charge >= 0.3 is 5.95 Å². The Morgan fingerprint density at radius 1 is 1.06 bits per heavy atom. The molecule has 2 rings (SSSR count). The Hall–Kier alpha value is -1.70. The van der Waals surface area contributed by atoms with Gasteiger partial charge in [-0.25, -0.2) is 0 Å². The minimum Gasteiger partial charge on any atom is -0.169 e. The van der Waals surface area contributed by atoms with E-state index < -0.39 is 0 Å². The summed E-state index contributed by atoms with van der Waals surface area (Å²) >= 11 is 0. The molecule has 0 spiro atoms. The molecule has 0 amide bonds. The topological polar surface area (TPSA) is 3.88 Å². The van der Waals surface area contributed by atoms with Crippen molar-refractivity contribution in [2.75, 3.05) is 0 Å². The summed E-state index contributed by atoms with van der Waals surface area (Å²) in [5, 5.41) is 0. The number of aryl methyl sites for hydroxylation is 2. The van der Waals surface area contributed by atoms with Gasteiger partial charge in [0.1, 0.15) is 7.05 Å². The van der Waals surface area contributed by atoms with Crippen LogP contribution in [0, 0.1) is 19.8 Å². The quantitative estimate of drug-likeness (QED) is 0.509. The van der Waals surface area contributed by atoms with Crippen LogP contribution >= 0.6 is 0 Å². The molecule has 2 aromatic rings. The van der Waals surface area contributed by atoms with Gasteiger partial charge in [-0.1, -0.05) is 18.2 Å². The third kappa shape index (κ3) is 1.83. The van der Waals surface area contributed by atoms with Crippen LogP contribution in [0.15, 0.2) is 36.4 Å². The standard InChI is InChI=1S/C14H15FN/c1-10-8-13(16(3)14(15)9-10)12-7-5-4-6-11(12)2/h4-9H,1-3H3/q+1. The predicted octanol–water partition coefficient (Wildman–Crippen LogP) is 2.93. The molecule has 1 aromatic heterocycles. The number of pyridine rings is 1. The largest absolute Gasteiger partial charge is 0.360 e. The summed E-state index contributed by atoms with van der Waals surface area (Å²) in [6.07, 6.45) is 0. The molecule has 0 atom stereocenters. The van der Waals surface area contributed by atoms with Gasteiger partial charge in [0, 0.05) is 17.7 Å². The molecule has 0 N–H and O–H groups in total. The monoisotopic (exact) mass is 216 g/mol. The zero-order valence-corrected chi connectivity index (χ0v) is 9.79. The molecule has 1 heterocycles. The fourth-order valence-electron chi connectivity index (χ4n) is 1.87. The van der Waals surface area contributed by atoms with Gasteiger partial charge in [-0.2, -0.15) is 4.57 Å². The van der Waals surface area contributed by atoms with Crippen molar-refractivity contribution >= 4 is 0 Å². The molecule has 0 saturated carbocycles. The lowest BCUT2D eigenvalue weighted by Gasteiger charge is -2.05. The van der Waals surface area contributed by atoms with Crippen LogP contribution in [0.3, 0.4) is 0 Å². The predicted molar refractivity (Wildman–Crippen MR) is 62.5 cm³/mol. The number of benzene rings is 1. The van der Waals surface area contributed by atoms with Gasteiger partial charge < -0.3 is 0 Å². The van der Waals surface area contributed by atoms with Gasteiger partial charge in [0.05, 0.1) is 0 Å². The number of aromatic nitrogens is 1. The van der Waals surface area contributed by atoms with Crippen LogP contribution in [0.4, 0.5) is 4.39 Å². The summed E-state index contributed by atoms with van der Waals surface area (Å²) in [6, 6.07) is 11.6. The van der Waals surface area contributed by atoms with E-state index >= 15 is 0 Å². The van der Waals surface area contributed by atoms with E-state index in [0.717, 1.165) is 22.4 Å². The van der Waals surface area contributed by atoms with Crippen LogP contribution < -0.4 is 4.57 Å². The second-order valence-corrected chi connectivity index (χ2v) is 4.11. The molecular weight excluding hydrogens is 201 g/mol. The lowest BCUT2D eigenvalue weighted by atomic mass is 10.0. The van der Waals surface area contributed by atoms with Gasteiger partial charge in [-0.3, -0.25) is 0 Å². The van der Waals surface area contributed by atoms with E-state index in [9.17, 15) is 4.39 Å². The first-order valence-corrected chi connectivity index (χ1v) is 5.32. The molecular formula is C14H15FN+. The van der Waals surface area contributed by atoms with Crippen molar-refractivity contribution in [1.29, 1.82) is 0 Å². The molecule has 0 fully saturated rings. The first kappa shape index (κ1) is 10.8. The van der Waals surface area contributed by atoms with Crippen LogP contribution in [0.25, 0.3) is 11.3 Å². The van der Waals surface area contributed by atoms with E-state index in [2.05, 4.69) is 0 Å². The van der Waals surface area contributed by atoms with E-state index in [1.165, 1.54) is 0 Å². The van der Waals surface area contributed by atoms with E-state index in [-0.39, 0.29) is 5.95 Å². The molecule has 1 aromatic carbocycles. The number of halogens is 1. The number of hydrogen-bond acceptors (Lipinski definition) is 0. The highest BCUT2D eigenvalue weighted by atomic mass is 19.1.